The standard InChI is InChI=1S/C12HF8/c13-3-1-4(14)6(5(15)2-3)7-8(16)10(18)12(20)11(19)9(7)17/h1H. The molecule has 0 heterocycles. The van der Waals surface area contributed by atoms with Crippen LogP contribution in [0, 0.1) is 52.6 Å². The molecule has 2 aromatic carbocycles. The van der Waals surface area contributed by atoms with Gasteiger partial charge in [-0.15, -0.1) is 0 Å². The van der Waals surface area contributed by atoms with E-state index >= 15 is 0 Å². The van der Waals surface area contributed by atoms with Crippen LogP contribution in [0.1, 0.15) is 0 Å². The lowest BCUT2D eigenvalue weighted by molar-refractivity contribution is 0.380. The van der Waals surface area contributed by atoms with Gasteiger partial charge in [0.2, 0.25) is 5.82 Å². The van der Waals surface area contributed by atoms with Crippen molar-refractivity contribution in [2.24, 2.45) is 0 Å². The molecule has 0 aliphatic carbocycles. The zero-order chi connectivity index (χ0) is 15.2. The van der Waals surface area contributed by atoms with Crippen LogP contribution in [0.5, 0.6) is 0 Å². The van der Waals surface area contributed by atoms with Crippen molar-refractivity contribution >= 4 is 0 Å². The highest BCUT2D eigenvalue weighted by Gasteiger charge is 2.30. The highest BCUT2D eigenvalue weighted by Crippen LogP contribution is 2.34. The maximum absolute atomic E-state index is 13.4. The first-order valence-electron chi connectivity index (χ1n) is 4.84. The molecule has 0 nitrogen and oxygen atoms in total. The van der Waals surface area contributed by atoms with Crippen molar-refractivity contribution in [3.05, 3.63) is 58.7 Å². The first-order chi connectivity index (χ1) is 9.25. The summed E-state index contributed by atoms with van der Waals surface area (Å²) in [6, 6.07) is 1.24. The average Bonchev–Trinajstić information content (AvgIpc) is 2.37. The maximum Gasteiger partial charge on any atom is 0.200 e. The topological polar surface area (TPSA) is 0 Å². The largest absolute Gasteiger partial charge is 0.206 e. The van der Waals surface area contributed by atoms with E-state index in [1.807, 2.05) is 0 Å². The van der Waals surface area contributed by atoms with Gasteiger partial charge in [-0.1, -0.05) is 0 Å². The molecule has 8 heteroatoms. The Morgan fingerprint density at radius 3 is 1.50 bits per heavy atom. The monoisotopic (exact) mass is 297 g/mol. The van der Waals surface area contributed by atoms with Gasteiger partial charge in [-0.3, -0.25) is 0 Å². The number of benzene rings is 2. The predicted octanol–water partition coefficient (Wildman–Crippen LogP) is 4.27. The molecule has 0 N–H and O–H groups in total. The van der Waals surface area contributed by atoms with E-state index in [-0.39, 0.29) is 6.07 Å². The Hall–Kier alpha value is -2.12. The minimum absolute atomic E-state index is 0.00351. The van der Waals surface area contributed by atoms with Crippen LogP contribution in [0.3, 0.4) is 0 Å². The summed E-state index contributed by atoms with van der Waals surface area (Å²) >= 11 is 0. The van der Waals surface area contributed by atoms with Crippen molar-refractivity contribution in [1.82, 2.24) is 0 Å². The molecule has 105 valence electrons. The Bertz CT molecular complexity index is 655. The molecule has 0 amide bonds. The zero-order valence-corrected chi connectivity index (χ0v) is 9.10. The molecule has 2 aromatic rings. The molecule has 20 heavy (non-hydrogen) atoms. The fourth-order valence-electron chi connectivity index (χ4n) is 1.55. The van der Waals surface area contributed by atoms with Crippen molar-refractivity contribution < 1.29 is 35.1 Å². The lowest BCUT2D eigenvalue weighted by Crippen LogP contribution is -2.06. The second-order valence-corrected chi connectivity index (χ2v) is 3.60. The first kappa shape index (κ1) is 14.3. The summed E-state index contributed by atoms with van der Waals surface area (Å²) in [7, 11) is 0. The van der Waals surface area contributed by atoms with Crippen molar-refractivity contribution in [1.29, 1.82) is 0 Å². The summed E-state index contributed by atoms with van der Waals surface area (Å²) in [5, 5.41) is 0. The molecule has 0 unspecified atom stereocenters. The Morgan fingerprint density at radius 2 is 1.05 bits per heavy atom. The first-order valence-corrected chi connectivity index (χ1v) is 4.84. The van der Waals surface area contributed by atoms with E-state index in [1.165, 1.54) is 6.07 Å². The van der Waals surface area contributed by atoms with Crippen LogP contribution in [0.15, 0.2) is 6.07 Å². The molecule has 0 aliphatic heterocycles. The molecule has 0 atom stereocenters. The normalized spacial score (nSPS) is 11.0. The number of halogens is 8. The highest BCUT2D eigenvalue weighted by atomic mass is 19.2. The van der Waals surface area contributed by atoms with Crippen LogP contribution in [-0.4, -0.2) is 0 Å². The number of hydrogen-bond acceptors (Lipinski definition) is 0. The third kappa shape index (κ3) is 2.00. The Labute approximate surface area is 106 Å². The molecule has 0 spiro atoms. The molecule has 1 radical (unpaired) electrons. The third-order valence-corrected chi connectivity index (χ3v) is 2.40. The van der Waals surface area contributed by atoms with Crippen LogP contribution in [0.4, 0.5) is 35.1 Å². The molecule has 0 bridgehead atoms. The fourth-order valence-corrected chi connectivity index (χ4v) is 1.55. The second-order valence-electron chi connectivity index (χ2n) is 3.60. The van der Waals surface area contributed by atoms with Gasteiger partial charge in [0.15, 0.2) is 23.3 Å². The van der Waals surface area contributed by atoms with E-state index < -0.39 is 57.7 Å². The van der Waals surface area contributed by atoms with E-state index in [9.17, 15) is 35.1 Å². The fraction of sp³-hybridized carbons (Fsp3) is 0. The van der Waals surface area contributed by atoms with Gasteiger partial charge in [-0.2, -0.15) is 0 Å². The Balaban J connectivity index is 2.91. The SMILES string of the molecule is Fc1[c]c(F)c(-c2c(F)c(F)c(F)c(F)c2F)c(F)c1. The van der Waals surface area contributed by atoms with Crippen LogP contribution in [0.2, 0.25) is 0 Å². The molecular formula is C12HF8. The van der Waals surface area contributed by atoms with Gasteiger partial charge in [0.1, 0.15) is 17.5 Å². The van der Waals surface area contributed by atoms with Crippen molar-refractivity contribution in [2.75, 3.05) is 0 Å². The molecule has 0 aromatic heterocycles. The van der Waals surface area contributed by atoms with Crippen molar-refractivity contribution in [3.8, 4) is 11.1 Å². The zero-order valence-electron chi connectivity index (χ0n) is 9.10. The molecule has 0 saturated carbocycles. The maximum atomic E-state index is 13.4. The molecular weight excluding hydrogens is 296 g/mol. The summed E-state index contributed by atoms with van der Waals surface area (Å²) in [4.78, 5) is 0. The quantitative estimate of drug-likeness (QED) is 0.419. The van der Waals surface area contributed by atoms with E-state index in [1.54, 1.807) is 0 Å². The van der Waals surface area contributed by atoms with Crippen LogP contribution in [0.25, 0.3) is 11.1 Å². The smallest absolute Gasteiger partial charge is 0.200 e. The molecule has 0 fully saturated rings. The second kappa shape index (κ2) is 4.77. The van der Waals surface area contributed by atoms with Gasteiger partial charge in [-0.25, -0.2) is 35.1 Å². The summed E-state index contributed by atoms with van der Waals surface area (Å²) in [5.41, 5.74) is -3.42. The van der Waals surface area contributed by atoms with Gasteiger partial charge < -0.3 is 0 Å². The lowest BCUT2D eigenvalue weighted by Gasteiger charge is -2.10. The third-order valence-electron chi connectivity index (χ3n) is 2.40. The van der Waals surface area contributed by atoms with E-state index in [4.69, 9.17) is 0 Å². The molecule has 0 saturated heterocycles. The predicted molar refractivity (Wildman–Crippen MR) is 50.4 cm³/mol. The summed E-state index contributed by atoms with van der Waals surface area (Å²) in [6.45, 7) is 0. The summed E-state index contributed by atoms with van der Waals surface area (Å²) in [6.07, 6.45) is 0. The van der Waals surface area contributed by atoms with Gasteiger partial charge >= 0.3 is 0 Å². The summed E-state index contributed by atoms with van der Waals surface area (Å²) in [5.74, 6) is -17.4. The highest BCUT2D eigenvalue weighted by molar-refractivity contribution is 5.66. The van der Waals surface area contributed by atoms with Crippen LogP contribution >= 0.6 is 0 Å². The number of hydrogen-bond donors (Lipinski definition) is 0. The van der Waals surface area contributed by atoms with E-state index in [0.29, 0.717) is 0 Å². The van der Waals surface area contributed by atoms with Gasteiger partial charge in [-0.05, 0) is 0 Å². The Morgan fingerprint density at radius 1 is 0.600 bits per heavy atom. The molecule has 0 aliphatic rings. The average molecular weight is 297 g/mol. The van der Waals surface area contributed by atoms with Crippen molar-refractivity contribution in [2.45, 2.75) is 0 Å². The van der Waals surface area contributed by atoms with Crippen LogP contribution < -0.4 is 0 Å². The van der Waals surface area contributed by atoms with Gasteiger partial charge in [0.05, 0.1) is 17.2 Å². The summed E-state index contributed by atoms with van der Waals surface area (Å²) < 4.78 is 105. The Kier molecular flexibility index (Phi) is 3.41. The van der Waals surface area contributed by atoms with Crippen molar-refractivity contribution in [3.63, 3.8) is 0 Å². The molecule has 2 rings (SSSR count). The van der Waals surface area contributed by atoms with Crippen LogP contribution in [-0.2, 0) is 0 Å². The van der Waals surface area contributed by atoms with E-state index in [2.05, 4.69) is 0 Å². The number of rotatable bonds is 1. The van der Waals surface area contributed by atoms with Gasteiger partial charge in [0, 0.05) is 6.07 Å². The minimum atomic E-state index is -2.48. The van der Waals surface area contributed by atoms with E-state index in [0.717, 1.165) is 0 Å². The van der Waals surface area contributed by atoms with Gasteiger partial charge in [0.25, 0.3) is 0 Å². The minimum Gasteiger partial charge on any atom is -0.206 e. The lowest BCUT2D eigenvalue weighted by atomic mass is 10.0.